The van der Waals surface area contributed by atoms with E-state index < -0.39 is 5.54 Å². The Morgan fingerprint density at radius 1 is 1.39 bits per heavy atom. The first-order valence-corrected chi connectivity index (χ1v) is 6.03. The van der Waals surface area contributed by atoms with Crippen LogP contribution in [0.15, 0.2) is 47.2 Å². The molecule has 1 heterocycles. The van der Waals surface area contributed by atoms with Crippen molar-refractivity contribution in [3.8, 4) is 0 Å². The van der Waals surface area contributed by atoms with E-state index in [1.807, 2.05) is 37.3 Å². The first-order valence-electron chi connectivity index (χ1n) is 5.50. The van der Waals surface area contributed by atoms with Gasteiger partial charge in [0.25, 0.3) is 5.91 Å². The van der Waals surface area contributed by atoms with Crippen LogP contribution in [0.3, 0.4) is 0 Å². The second kappa shape index (κ2) is 5.23. The third kappa shape index (κ3) is 2.54. The molecule has 0 saturated heterocycles. The Hall–Kier alpha value is -1.81. The number of hydrogen-bond donors (Lipinski definition) is 1. The topological polar surface area (TPSA) is 55.1 Å². The van der Waals surface area contributed by atoms with Crippen LogP contribution < -0.4 is 5.32 Å². The summed E-state index contributed by atoms with van der Waals surface area (Å²) in [4.78, 5) is 12.0. The van der Waals surface area contributed by atoms with Gasteiger partial charge in [-0.2, -0.15) is 0 Å². The lowest BCUT2D eigenvalue weighted by atomic mass is 9.94. The molecule has 0 aliphatic carbocycles. The summed E-state index contributed by atoms with van der Waals surface area (Å²) in [6.45, 7) is 1.87. The predicted molar refractivity (Wildman–Crippen MR) is 68.5 cm³/mol. The van der Waals surface area contributed by atoms with Crippen LogP contribution in [0.2, 0.25) is 0 Å². The van der Waals surface area contributed by atoms with Crippen LogP contribution in [0.25, 0.3) is 0 Å². The normalized spacial score (nSPS) is 13.9. The van der Waals surface area contributed by atoms with Gasteiger partial charge < -0.3 is 9.84 Å². The smallest absolute Gasteiger partial charge is 0.274 e. The molecule has 1 amide bonds. The average Bonchev–Trinajstić information content (AvgIpc) is 2.93. The summed E-state index contributed by atoms with van der Waals surface area (Å²) in [5.41, 5.74) is 0.540. The molecule has 0 radical (unpaired) electrons. The summed E-state index contributed by atoms with van der Waals surface area (Å²) in [7, 11) is 0. The van der Waals surface area contributed by atoms with E-state index in [0.29, 0.717) is 0 Å². The number of nitrogens with one attached hydrogen (secondary N) is 1. The molecule has 0 aliphatic heterocycles. The third-order valence-electron chi connectivity index (χ3n) is 2.74. The summed E-state index contributed by atoms with van der Waals surface area (Å²) in [6, 6.07) is 11.1. The minimum Gasteiger partial charge on any atom is -0.364 e. The molecule has 4 nitrogen and oxygen atoms in total. The van der Waals surface area contributed by atoms with Crippen molar-refractivity contribution in [1.29, 1.82) is 0 Å². The van der Waals surface area contributed by atoms with E-state index in [2.05, 4.69) is 15.0 Å². The third-order valence-corrected chi connectivity index (χ3v) is 3.27. The molecule has 2 aromatic rings. The van der Waals surface area contributed by atoms with Crippen molar-refractivity contribution in [2.45, 2.75) is 12.5 Å². The van der Waals surface area contributed by atoms with Crippen LogP contribution in [-0.2, 0) is 5.54 Å². The second-order valence-electron chi connectivity index (χ2n) is 4.17. The number of nitrogens with zero attached hydrogens (tertiary/aromatic N) is 1. The van der Waals surface area contributed by atoms with Gasteiger partial charge in [-0.15, -0.1) is 11.6 Å². The Morgan fingerprint density at radius 3 is 2.67 bits per heavy atom. The van der Waals surface area contributed by atoms with Crippen molar-refractivity contribution in [1.82, 2.24) is 10.5 Å². The van der Waals surface area contributed by atoms with E-state index in [1.165, 1.54) is 12.3 Å². The van der Waals surface area contributed by atoms with E-state index in [0.717, 1.165) is 5.56 Å². The molecule has 1 unspecified atom stereocenters. The summed E-state index contributed by atoms with van der Waals surface area (Å²) in [6.07, 6.45) is 1.36. The molecule has 0 aliphatic rings. The highest BCUT2D eigenvalue weighted by molar-refractivity contribution is 6.18. The maximum absolute atomic E-state index is 12.0. The van der Waals surface area contributed by atoms with E-state index in [4.69, 9.17) is 11.6 Å². The molecule has 18 heavy (non-hydrogen) atoms. The fourth-order valence-corrected chi connectivity index (χ4v) is 1.85. The van der Waals surface area contributed by atoms with Gasteiger partial charge in [-0.3, -0.25) is 4.79 Å². The van der Waals surface area contributed by atoms with Gasteiger partial charge in [0.05, 0.1) is 5.54 Å². The SMILES string of the molecule is CC(CCl)(NC(=O)c1ccon1)c1ccccc1. The van der Waals surface area contributed by atoms with Gasteiger partial charge in [0, 0.05) is 11.9 Å². The number of carbonyl (C=O) groups excluding carboxylic acids is 1. The molecule has 1 aromatic carbocycles. The first-order chi connectivity index (χ1) is 8.65. The zero-order chi connectivity index (χ0) is 13.0. The molecule has 0 spiro atoms. The fourth-order valence-electron chi connectivity index (χ4n) is 1.63. The molecular weight excluding hydrogens is 252 g/mol. The molecule has 0 saturated carbocycles. The monoisotopic (exact) mass is 264 g/mol. The maximum Gasteiger partial charge on any atom is 0.274 e. The van der Waals surface area contributed by atoms with E-state index in [1.54, 1.807) is 0 Å². The highest BCUT2D eigenvalue weighted by Crippen LogP contribution is 2.22. The minimum absolute atomic E-state index is 0.238. The van der Waals surface area contributed by atoms with Crippen molar-refractivity contribution in [3.05, 3.63) is 53.9 Å². The molecule has 5 heteroatoms. The van der Waals surface area contributed by atoms with Crippen molar-refractivity contribution in [3.63, 3.8) is 0 Å². The van der Waals surface area contributed by atoms with Gasteiger partial charge in [0.2, 0.25) is 0 Å². The Labute approximate surface area is 110 Å². The number of amides is 1. The zero-order valence-corrected chi connectivity index (χ0v) is 10.6. The summed E-state index contributed by atoms with van der Waals surface area (Å²) < 4.78 is 4.65. The van der Waals surface area contributed by atoms with Gasteiger partial charge in [-0.05, 0) is 12.5 Å². The van der Waals surface area contributed by atoms with Gasteiger partial charge in [-0.25, -0.2) is 0 Å². The number of carbonyl (C=O) groups is 1. The molecule has 0 bridgehead atoms. The lowest BCUT2D eigenvalue weighted by Crippen LogP contribution is -2.45. The van der Waals surface area contributed by atoms with Gasteiger partial charge in [-0.1, -0.05) is 35.5 Å². The van der Waals surface area contributed by atoms with Gasteiger partial charge in [0.15, 0.2) is 5.69 Å². The van der Waals surface area contributed by atoms with E-state index in [9.17, 15) is 4.79 Å². The minimum atomic E-state index is -0.640. The number of alkyl halides is 1. The van der Waals surface area contributed by atoms with E-state index >= 15 is 0 Å². The Balaban J connectivity index is 2.21. The Bertz CT molecular complexity index is 513. The second-order valence-corrected chi connectivity index (χ2v) is 4.44. The predicted octanol–water partition coefficient (Wildman–Crippen LogP) is 2.56. The Kier molecular flexibility index (Phi) is 3.67. The standard InChI is InChI=1S/C13H13ClN2O2/c1-13(9-14,10-5-3-2-4-6-10)15-12(17)11-7-8-18-16-11/h2-8H,9H2,1H3,(H,15,17). The van der Waals surface area contributed by atoms with Crippen molar-refractivity contribution in [2.24, 2.45) is 0 Å². The zero-order valence-electron chi connectivity index (χ0n) is 9.89. The van der Waals surface area contributed by atoms with Crippen molar-refractivity contribution in [2.75, 3.05) is 5.88 Å². The molecule has 1 atom stereocenters. The average molecular weight is 265 g/mol. The maximum atomic E-state index is 12.0. The highest BCUT2D eigenvalue weighted by atomic mass is 35.5. The molecule has 2 rings (SSSR count). The lowest BCUT2D eigenvalue weighted by Gasteiger charge is -2.28. The van der Waals surface area contributed by atoms with Crippen LogP contribution in [-0.4, -0.2) is 16.9 Å². The highest BCUT2D eigenvalue weighted by Gasteiger charge is 2.28. The van der Waals surface area contributed by atoms with Crippen LogP contribution in [0.5, 0.6) is 0 Å². The summed E-state index contributed by atoms with van der Waals surface area (Å²) >= 11 is 5.99. The van der Waals surface area contributed by atoms with Crippen molar-refractivity contribution < 1.29 is 9.32 Å². The molecule has 1 aromatic heterocycles. The van der Waals surface area contributed by atoms with Crippen LogP contribution in [0.1, 0.15) is 23.0 Å². The van der Waals surface area contributed by atoms with Gasteiger partial charge in [0.1, 0.15) is 6.26 Å². The molecule has 0 fully saturated rings. The van der Waals surface area contributed by atoms with Crippen LogP contribution in [0, 0.1) is 0 Å². The van der Waals surface area contributed by atoms with E-state index in [-0.39, 0.29) is 17.5 Å². The molecule has 1 N–H and O–H groups in total. The fraction of sp³-hybridized carbons (Fsp3) is 0.231. The quantitative estimate of drug-likeness (QED) is 0.864. The summed E-state index contributed by atoms with van der Waals surface area (Å²) in [5.74, 6) is -0.0450. The van der Waals surface area contributed by atoms with Crippen LogP contribution in [0.4, 0.5) is 0 Å². The number of halogens is 1. The van der Waals surface area contributed by atoms with Gasteiger partial charge >= 0.3 is 0 Å². The number of benzene rings is 1. The Morgan fingerprint density at radius 2 is 2.11 bits per heavy atom. The lowest BCUT2D eigenvalue weighted by molar-refractivity contribution is 0.0904. The number of aromatic nitrogens is 1. The molecular formula is C13H13ClN2O2. The largest absolute Gasteiger partial charge is 0.364 e. The summed E-state index contributed by atoms with van der Waals surface area (Å²) in [5, 5.41) is 6.47. The number of hydrogen-bond acceptors (Lipinski definition) is 3. The van der Waals surface area contributed by atoms with Crippen molar-refractivity contribution >= 4 is 17.5 Å². The first kappa shape index (κ1) is 12.6. The number of rotatable bonds is 4. The molecule has 94 valence electrons. The van der Waals surface area contributed by atoms with Crippen LogP contribution >= 0.6 is 11.6 Å².